The number of hydrogen-bond donors (Lipinski definition) is 2. The molecule has 1 aliphatic rings. The van der Waals surface area contributed by atoms with Crippen molar-refractivity contribution in [2.24, 2.45) is 5.92 Å². The first-order valence-corrected chi connectivity index (χ1v) is 8.72. The first-order valence-electron chi connectivity index (χ1n) is 6.85. The molecule has 0 spiro atoms. The number of rotatable bonds is 4. The maximum absolute atomic E-state index is 12.3. The normalized spacial score (nSPS) is 23.7. The van der Waals surface area contributed by atoms with Crippen molar-refractivity contribution in [1.29, 1.82) is 0 Å². The fraction of sp³-hybridized carbons (Fsp3) is 0.615. The van der Waals surface area contributed by atoms with E-state index in [1.807, 2.05) is 0 Å². The Hall–Kier alpha value is -0.850. The number of nitrogens with two attached hydrogens (primary N) is 1. The van der Waals surface area contributed by atoms with Gasteiger partial charge >= 0.3 is 0 Å². The Kier molecular flexibility index (Phi) is 4.88. The molecule has 2 unspecified atom stereocenters. The molecule has 20 heavy (non-hydrogen) atoms. The number of anilines is 1. The maximum atomic E-state index is 12.3. The molecule has 1 saturated carbocycles. The highest BCUT2D eigenvalue weighted by Gasteiger charge is 2.26. The van der Waals surface area contributed by atoms with Gasteiger partial charge in [-0.25, -0.2) is 18.1 Å². The predicted octanol–water partition coefficient (Wildman–Crippen LogP) is 2.56. The van der Waals surface area contributed by atoms with Crippen LogP contribution in [0.2, 0.25) is 5.02 Å². The quantitative estimate of drug-likeness (QED) is 0.893. The molecule has 1 heterocycles. The van der Waals surface area contributed by atoms with Crippen molar-refractivity contribution in [2.75, 3.05) is 5.73 Å². The molecule has 5 nitrogen and oxygen atoms in total. The molecule has 0 saturated heterocycles. The summed E-state index contributed by atoms with van der Waals surface area (Å²) in [5.41, 5.74) is 5.49. The van der Waals surface area contributed by atoms with Gasteiger partial charge in [-0.1, -0.05) is 37.8 Å². The SMILES string of the molecule is CCC1CCCC(NS(=O)(=O)c2cnc(N)c(Cl)c2)C1. The van der Waals surface area contributed by atoms with Crippen LogP contribution in [0, 0.1) is 5.92 Å². The van der Waals surface area contributed by atoms with Crippen LogP contribution in [0.15, 0.2) is 17.2 Å². The molecule has 1 aromatic rings. The molecular weight excluding hydrogens is 298 g/mol. The Morgan fingerprint density at radius 1 is 1.50 bits per heavy atom. The molecule has 0 amide bonds. The minimum atomic E-state index is -3.58. The molecule has 1 aliphatic carbocycles. The molecule has 0 aliphatic heterocycles. The van der Waals surface area contributed by atoms with Crippen molar-refractivity contribution in [3.63, 3.8) is 0 Å². The van der Waals surface area contributed by atoms with Gasteiger partial charge in [0.25, 0.3) is 0 Å². The fourth-order valence-corrected chi connectivity index (χ4v) is 4.12. The molecule has 3 N–H and O–H groups in total. The molecule has 7 heteroatoms. The Labute approximate surface area is 125 Å². The molecule has 0 bridgehead atoms. The van der Waals surface area contributed by atoms with Crippen molar-refractivity contribution >= 4 is 27.4 Å². The van der Waals surface area contributed by atoms with E-state index >= 15 is 0 Å². The Morgan fingerprint density at radius 3 is 2.90 bits per heavy atom. The van der Waals surface area contributed by atoms with Gasteiger partial charge in [0.1, 0.15) is 10.7 Å². The first kappa shape index (κ1) is 15.5. The largest absolute Gasteiger partial charge is 0.382 e. The van der Waals surface area contributed by atoms with Gasteiger partial charge in [0.05, 0.1) is 5.02 Å². The van der Waals surface area contributed by atoms with E-state index in [9.17, 15) is 8.42 Å². The third-order valence-electron chi connectivity index (χ3n) is 3.84. The molecule has 1 fully saturated rings. The summed E-state index contributed by atoms with van der Waals surface area (Å²) >= 11 is 5.83. The van der Waals surface area contributed by atoms with Gasteiger partial charge in [0, 0.05) is 12.2 Å². The molecular formula is C13H20ClN3O2S. The Balaban J connectivity index is 2.12. The molecule has 1 aromatic heterocycles. The highest BCUT2D eigenvalue weighted by molar-refractivity contribution is 7.89. The lowest BCUT2D eigenvalue weighted by Gasteiger charge is -2.28. The van der Waals surface area contributed by atoms with E-state index in [-0.39, 0.29) is 21.8 Å². The van der Waals surface area contributed by atoms with Gasteiger partial charge in [-0.3, -0.25) is 0 Å². The van der Waals surface area contributed by atoms with Crippen molar-refractivity contribution in [3.8, 4) is 0 Å². The average Bonchev–Trinajstić information content (AvgIpc) is 2.41. The number of nitrogen functional groups attached to an aromatic ring is 1. The lowest BCUT2D eigenvalue weighted by atomic mass is 9.85. The van der Waals surface area contributed by atoms with Crippen LogP contribution in [0.1, 0.15) is 39.0 Å². The number of hydrogen-bond acceptors (Lipinski definition) is 4. The second kappa shape index (κ2) is 6.28. The second-order valence-corrected chi connectivity index (χ2v) is 7.42. The van der Waals surface area contributed by atoms with Gasteiger partial charge in [-0.15, -0.1) is 0 Å². The van der Waals surface area contributed by atoms with Gasteiger partial charge < -0.3 is 5.73 Å². The zero-order chi connectivity index (χ0) is 14.8. The summed E-state index contributed by atoms with van der Waals surface area (Å²) in [7, 11) is -3.58. The van der Waals surface area contributed by atoms with E-state index in [1.54, 1.807) is 0 Å². The zero-order valence-corrected chi connectivity index (χ0v) is 13.0. The molecule has 0 radical (unpaired) electrons. The number of halogens is 1. The standard InChI is InChI=1S/C13H20ClN3O2S/c1-2-9-4-3-5-10(6-9)17-20(18,19)11-7-12(14)13(15)16-8-11/h7-10,17H,2-6H2,1H3,(H2,15,16). The summed E-state index contributed by atoms with van der Waals surface area (Å²) in [6.07, 6.45) is 6.35. The monoisotopic (exact) mass is 317 g/mol. The van der Waals surface area contributed by atoms with Crippen LogP contribution in [0.25, 0.3) is 0 Å². The van der Waals surface area contributed by atoms with E-state index in [2.05, 4.69) is 16.6 Å². The average molecular weight is 318 g/mol. The third-order valence-corrected chi connectivity index (χ3v) is 5.63. The van der Waals surface area contributed by atoms with Crippen molar-refractivity contribution in [2.45, 2.75) is 50.0 Å². The van der Waals surface area contributed by atoms with Gasteiger partial charge in [0.15, 0.2) is 0 Å². The summed E-state index contributed by atoms with van der Waals surface area (Å²) in [5.74, 6) is 0.735. The number of nitrogens with one attached hydrogen (secondary N) is 1. The summed E-state index contributed by atoms with van der Waals surface area (Å²) in [5, 5.41) is 0.156. The summed E-state index contributed by atoms with van der Waals surface area (Å²) in [4.78, 5) is 3.86. The summed E-state index contributed by atoms with van der Waals surface area (Å²) in [6, 6.07) is 1.34. The van der Waals surface area contributed by atoms with Crippen LogP contribution >= 0.6 is 11.6 Å². The van der Waals surface area contributed by atoms with Gasteiger partial charge in [-0.05, 0) is 24.8 Å². The molecule has 112 valence electrons. The van der Waals surface area contributed by atoms with Crippen molar-refractivity contribution in [3.05, 3.63) is 17.3 Å². The van der Waals surface area contributed by atoms with Crippen LogP contribution in [0.3, 0.4) is 0 Å². The zero-order valence-electron chi connectivity index (χ0n) is 11.5. The Morgan fingerprint density at radius 2 is 2.25 bits per heavy atom. The lowest BCUT2D eigenvalue weighted by Crippen LogP contribution is -2.38. The van der Waals surface area contributed by atoms with Crippen LogP contribution in [0.5, 0.6) is 0 Å². The van der Waals surface area contributed by atoms with Crippen LogP contribution in [0.4, 0.5) is 5.82 Å². The fourth-order valence-electron chi connectivity index (χ4n) is 2.63. The van der Waals surface area contributed by atoms with E-state index in [0.29, 0.717) is 5.92 Å². The minimum absolute atomic E-state index is 0.00460. The van der Waals surface area contributed by atoms with E-state index in [0.717, 1.165) is 25.7 Å². The topological polar surface area (TPSA) is 85.1 Å². The lowest BCUT2D eigenvalue weighted by molar-refractivity contribution is 0.301. The highest BCUT2D eigenvalue weighted by atomic mass is 35.5. The molecule has 0 aromatic carbocycles. The van der Waals surface area contributed by atoms with E-state index in [1.165, 1.54) is 18.7 Å². The molecule has 2 rings (SSSR count). The van der Waals surface area contributed by atoms with Crippen molar-refractivity contribution in [1.82, 2.24) is 9.71 Å². The number of aromatic nitrogens is 1. The van der Waals surface area contributed by atoms with E-state index in [4.69, 9.17) is 17.3 Å². The third kappa shape index (κ3) is 3.62. The smallest absolute Gasteiger partial charge is 0.242 e. The van der Waals surface area contributed by atoms with Gasteiger partial charge in [0.2, 0.25) is 10.0 Å². The van der Waals surface area contributed by atoms with Crippen LogP contribution in [-0.4, -0.2) is 19.4 Å². The highest BCUT2D eigenvalue weighted by Crippen LogP contribution is 2.28. The van der Waals surface area contributed by atoms with E-state index < -0.39 is 10.0 Å². The van der Waals surface area contributed by atoms with Gasteiger partial charge in [-0.2, -0.15) is 0 Å². The number of nitrogens with zero attached hydrogens (tertiary/aromatic N) is 1. The maximum Gasteiger partial charge on any atom is 0.242 e. The summed E-state index contributed by atoms with van der Waals surface area (Å²) < 4.78 is 27.4. The van der Waals surface area contributed by atoms with Crippen LogP contribution in [-0.2, 0) is 10.0 Å². The predicted molar refractivity (Wildman–Crippen MR) is 80.0 cm³/mol. The molecule has 2 atom stereocenters. The van der Waals surface area contributed by atoms with Crippen molar-refractivity contribution < 1.29 is 8.42 Å². The number of sulfonamides is 1. The number of pyridine rings is 1. The Bertz CT molecular complexity index is 577. The second-order valence-electron chi connectivity index (χ2n) is 5.30. The minimum Gasteiger partial charge on any atom is -0.382 e. The van der Waals surface area contributed by atoms with Crippen LogP contribution < -0.4 is 10.5 Å². The summed E-state index contributed by atoms with van der Waals surface area (Å²) in [6.45, 7) is 2.14. The first-order chi connectivity index (χ1) is 9.42.